The molecule has 0 saturated heterocycles. The average Bonchev–Trinajstić information content (AvgIpc) is 2.65. The molecule has 0 fully saturated rings. The van der Waals surface area contributed by atoms with Gasteiger partial charge in [-0.25, -0.2) is 13.1 Å². The number of hydrogen-bond acceptors (Lipinski definition) is 5. The number of nitrogens with zero attached hydrogens (tertiary/aromatic N) is 2. The van der Waals surface area contributed by atoms with Crippen molar-refractivity contribution in [2.45, 2.75) is 11.3 Å². The van der Waals surface area contributed by atoms with E-state index in [1.165, 1.54) is 30.2 Å². The summed E-state index contributed by atoms with van der Waals surface area (Å²) in [6.45, 7) is 0.137. The van der Waals surface area contributed by atoms with Crippen molar-refractivity contribution in [3.8, 4) is 5.75 Å². The molecule has 26 heavy (non-hydrogen) atoms. The van der Waals surface area contributed by atoms with Gasteiger partial charge >= 0.3 is 0 Å². The van der Waals surface area contributed by atoms with E-state index in [1.807, 2.05) is 12.1 Å². The second-order valence-electron chi connectivity index (χ2n) is 5.54. The molecule has 2 rings (SSSR count). The number of amides is 1. The maximum absolute atomic E-state index is 12.3. The molecule has 7 nitrogen and oxygen atoms in total. The first-order valence-electron chi connectivity index (χ1n) is 7.79. The summed E-state index contributed by atoms with van der Waals surface area (Å²) in [4.78, 5) is 17.5. The van der Waals surface area contributed by atoms with E-state index in [-0.39, 0.29) is 22.4 Å². The molecule has 1 amide bonds. The maximum Gasteiger partial charge on any atom is 0.241 e. The smallest absolute Gasteiger partial charge is 0.241 e. The van der Waals surface area contributed by atoms with E-state index in [1.54, 1.807) is 19.4 Å². The molecule has 0 unspecified atom stereocenters. The monoisotopic (exact) mass is 397 g/mol. The normalized spacial score (nSPS) is 11.2. The fourth-order valence-electron chi connectivity index (χ4n) is 2.16. The first-order chi connectivity index (χ1) is 12.3. The molecule has 1 aromatic carbocycles. The van der Waals surface area contributed by atoms with E-state index >= 15 is 0 Å². The number of nitrogens with one attached hydrogen (secondary N) is 1. The minimum absolute atomic E-state index is 0.0319. The SMILES string of the molecule is COc1ccc(S(=O)(=O)NCC(=O)N(C)CCc2ccncc2)cc1Cl. The van der Waals surface area contributed by atoms with Gasteiger partial charge in [0.05, 0.1) is 23.6 Å². The van der Waals surface area contributed by atoms with Crippen LogP contribution in [-0.2, 0) is 21.2 Å². The van der Waals surface area contributed by atoms with Crippen molar-refractivity contribution in [2.75, 3.05) is 27.2 Å². The van der Waals surface area contributed by atoms with Crippen LogP contribution in [0.2, 0.25) is 5.02 Å². The number of sulfonamides is 1. The van der Waals surface area contributed by atoms with E-state index in [0.717, 1.165) is 5.56 Å². The van der Waals surface area contributed by atoms with Crippen LogP contribution in [0.5, 0.6) is 5.75 Å². The fourth-order valence-corrected chi connectivity index (χ4v) is 3.48. The van der Waals surface area contributed by atoms with Crippen molar-refractivity contribution >= 4 is 27.5 Å². The molecule has 2 aromatic rings. The summed E-state index contributed by atoms with van der Waals surface area (Å²) in [7, 11) is -0.784. The lowest BCUT2D eigenvalue weighted by Crippen LogP contribution is -2.38. The fraction of sp³-hybridized carbons (Fsp3) is 0.294. The van der Waals surface area contributed by atoms with Gasteiger partial charge in [0, 0.05) is 26.0 Å². The Morgan fingerprint density at radius 1 is 1.27 bits per heavy atom. The minimum Gasteiger partial charge on any atom is -0.495 e. The van der Waals surface area contributed by atoms with Crippen LogP contribution in [-0.4, -0.2) is 51.5 Å². The average molecular weight is 398 g/mol. The maximum atomic E-state index is 12.3. The highest BCUT2D eigenvalue weighted by Crippen LogP contribution is 2.26. The van der Waals surface area contributed by atoms with Gasteiger partial charge in [0.25, 0.3) is 0 Å². The first kappa shape index (κ1) is 20.2. The van der Waals surface area contributed by atoms with E-state index in [0.29, 0.717) is 18.7 Å². The molecule has 0 saturated carbocycles. The standard InChI is InChI=1S/C17H20ClN3O4S/c1-21(10-7-13-5-8-19-9-6-13)17(22)12-20-26(23,24)14-3-4-16(25-2)15(18)11-14/h3-6,8-9,11,20H,7,10,12H2,1-2H3. The van der Waals surface area contributed by atoms with Gasteiger partial charge < -0.3 is 9.64 Å². The molecular formula is C17H20ClN3O4S. The Kier molecular flexibility index (Phi) is 6.96. The van der Waals surface area contributed by atoms with Crippen LogP contribution >= 0.6 is 11.6 Å². The number of rotatable bonds is 8. The highest BCUT2D eigenvalue weighted by atomic mass is 35.5. The molecule has 1 heterocycles. The van der Waals surface area contributed by atoms with Gasteiger partial charge in [-0.05, 0) is 42.3 Å². The summed E-state index contributed by atoms with van der Waals surface area (Å²) in [5, 5.41) is 0.177. The second-order valence-corrected chi connectivity index (χ2v) is 7.72. The first-order valence-corrected chi connectivity index (χ1v) is 9.65. The van der Waals surface area contributed by atoms with E-state index < -0.39 is 10.0 Å². The second kappa shape index (κ2) is 8.98. The lowest BCUT2D eigenvalue weighted by molar-refractivity contribution is -0.128. The van der Waals surface area contributed by atoms with Gasteiger partial charge in [-0.3, -0.25) is 9.78 Å². The molecule has 0 aliphatic rings. The van der Waals surface area contributed by atoms with Gasteiger partial charge in [-0.15, -0.1) is 0 Å². The van der Waals surface area contributed by atoms with Crippen molar-refractivity contribution in [1.29, 1.82) is 0 Å². The highest BCUT2D eigenvalue weighted by Gasteiger charge is 2.18. The van der Waals surface area contributed by atoms with Crippen LogP contribution in [0.25, 0.3) is 0 Å². The zero-order valence-electron chi connectivity index (χ0n) is 14.5. The number of ether oxygens (including phenoxy) is 1. The predicted molar refractivity (Wildman–Crippen MR) is 98.8 cm³/mol. The molecule has 140 valence electrons. The molecule has 0 aliphatic heterocycles. The Hall–Kier alpha value is -2.16. The van der Waals surface area contributed by atoms with Crippen molar-refractivity contribution in [3.63, 3.8) is 0 Å². The number of pyridine rings is 1. The van der Waals surface area contributed by atoms with Crippen molar-refractivity contribution in [3.05, 3.63) is 53.3 Å². The summed E-state index contributed by atoms with van der Waals surface area (Å²) in [6.07, 6.45) is 4.03. The van der Waals surface area contributed by atoms with Gasteiger partial charge in [-0.2, -0.15) is 0 Å². The zero-order chi connectivity index (χ0) is 19.2. The zero-order valence-corrected chi connectivity index (χ0v) is 16.0. The van der Waals surface area contributed by atoms with E-state index in [9.17, 15) is 13.2 Å². The Morgan fingerprint density at radius 3 is 2.58 bits per heavy atom. The molecule has 0 spiro atoms. The molecule has 1 N–H and O–H groups in total. The van der Waals surface area contributed by atoms with Crippen LogP contribution in [0.1, 0.15) is 5.56 Å². The summed E-state index contributed by atoms with van der Waals surface area (Å²) >= 11 is 5.95. The summed E-state index contributed by atoms with van der Waals surface area (Å²) < 4.78 is 31.9. The number of methoxy groups -OCH3 is 1. The number of carbonyl (C=O) groups is 1. The number of aromatic nitrogens is 1. The Labute approximate surface area is 158 Å². The molecule has 1 aromatic heterocycles. The number of halogens is 1. The van der Waals surface area contributed by atoms with Gasteiger partial charge in [0.1, 0.15) is 5.75 Å². The molecule has 9 heteroatoms. The number of likely N-dealkylation sites (N-methyl/N-ethyl adjacent to an activating group) is 1. The van der Waals surface area contributed by atoms with Crippen LogP contribution < -0.4 is 9.46 Å². The van der Waals surface area contributed by atoms with Crippen LogP contribution in [0.15, 0.2) is 47.6 Å². The third kappa shape index (κ3) is 5.42. The number of carbonyl (C=O) groups excluding carboxylic acids is 1. The largest absolute Gasteiger partial charge is 0.495 e. The van der Waals surface area contributed by atoms with Crippen LogP contribution in [0.3, 0.4) is 0 Å². The summed E-state index contributed by atoms with van der Waals surface area (Å²) in [5.41, 5.74) is 1.05. The molecular weight excluding hydrogens is 378 g/mol. The van der Waals surface area contributed by atoms with Crippen molar-refractivity contribution in [2.24, 2.45) is 0 Å². The lowest BCUT2D eigenvalue weighted by atomic mass is 10.2. The Bertz CT molecular complexity index is 860. The van der Waals surface area contributed by atoms with Gasteiger partial charge in [0.2, 0.25) is 15.9 Å². The molecule has 0 radical (unpaired) electrons. The van der Waals surface area contributed by atoms with Crippen molar-refractivity contribution in [1.82, 2.24) is 14.6 Å². The number of hydrogen-bond donors (Lipinski definition) is 1. The number of benzene rings is 1. The molecule has 0 aliphatic carbocycles. The van der Waals surface area contributed by atoms with Gasteiger partial charge in [-0.1, -0.05) is 11.6 Å². The quantitative estimate of drug-likeness (QED) is 0.732. The van der Waals surface area contributed by atoms with E-state index in [4.69, 9.17) is 16.3 Å². The molecule has 0 atom stereocenters. The Balaban J connectivity index is 1.91. The van der Waals surface area contributed by atoms with Crippen molar-refractivity contribution < 1.29 is 17.9 Å². The Morgan fingerprint density at radius 2 is 1.96 bits per heavy atom. The summed E-state index contributed by atoms with van der Waals surface area (Å²) in [5.74, 6) is 0.0415. The third-order valence-corrected chi connectivity index (χ3v) is 5.45. The lowest BCUT2D eigenvalue weighted by Gasteiger charge is -2.17. The van der Waals surface area contributed by atoms with Crippen LogP contribution in [0, 0.1) is 0 Å². The predicted octanol–water partition coefficient (Wildman–Crippen LogP) is 1.72. The van der Waals surface area contributed by atoms with E-state index in [2.05, 4.69) is 9.71 Å². The van der Waals surface area contributed by atoms with Gasteiger partial charge in [0.15, 0.2) is 0 Å². The highest BCUT2D eigenvalue weighted by molar-refractivity contribution is 7.89. The topological polar surface area (TPSA) is 88.6 Å². The third-order valence-electron chi connectivity index (χ3n) is 3.76. The molecule has 0 bridgehead atoms. The minimum atomic E-state index is -3.85. The summed E-state index contributed by atoms with van der Waals surface area (Å²) in [6, 6.07) is 7.84. The van der Waals surface area contributed by atoms with Crippen LogP contribution in [0.4, 0.5) is 0 Å².